The van der Waals surface area contributed by atoms with Crippen LogP contribution in [0.4, 0.5) is 5.82 Å². The number of methoxy groups -OCH3 is 1. The van der Waals surface area contributed by atoms with Gasteiger partial charge in [0, 0.05) is 44.9 Å². The third kappa shape index (κ3) is 3.72. The number of amides is 1. The number of pyridine rings is 1. The zero-order valence-corrected chi connectivity index (χ0v) is 17.3. The third-order valence-corrected chi connectivity index (χ3v) is 5.11. The van der Waals surface area contributed by atoms with E-state index in [4.69, 9.17) is 4.74 Å². The molecule has 28 heavy (non-hydrogen) atoms. The molecule has 0 spiro atoms. The van der Waals surface area contributed by atoms with Gasteiger partial charge in [-0.15, -0.1) is 5.10 Å². The van der Waals surface area contributed by atoms with Gasteiger partial charge < -0.3 is 19.1 Å². The second-order valence-corrected chi connectivity index (χ2v) is 8.21. The Labute approximate surface area is 164 Å². The van der Waals surface area contributed by atoms with Gasteiger partial charge in [-0.25, -0.2) is 0 Å². The third-order valence-electron chi connectivity index (χ3n) is 5.11. The van der Waals surface area contributed by atoms with E-state index < -0.39 is 0 Å². The number of rotatable bonds is 4. The summed E-state index contributed by atoms with van der Waals surface area (Å²) in [6.45, 7) is 7.67. The van der Waals surface area contributed by atoms with Gasteiger partial charge in [0.25, 0.3) is 11.5 Å². The number of hydrogen-bond donors (Lipinski definition) is 0. The Morgan fingerprint density at radius 1 is 1.25 bits per heavy atom. The molecule has 8 nitrogen and oxygen atoms in total. The number of nitrogens with zero attached hydrogens (tertiary/aromatic N) is 5. The van der Waals surface area contributed by atoms with E-state index in [-0.39, 0.29) is 22.9 Å². The lowest BCUT2D eigenvalue weighted by atomic mass is 9.92. The van der Waals surface area contributed by atoms with Crippen molar-refractivity contribution in [2.45, 2.75) is 32.2 Å². The molecule has 3 heterocycles. The van der Waals surface area contributed by atoms with E-state index in [2.05, 4.69) is 35.9 Å². The maximum Gasteiger partial charge on any atom is 0.259 e. The minimum absolute atomic E-state index is 0.0372. The van der Waals surface area contributed by atoms with Crippen LogP contribution in [0.25, 0.3) is 0 Å². The van der Waals surface area contributed by atoms with Crippen LogP contribution in [0.2, 0.25) is 0 Å². The van der Waals surface area contributed by atoms with Crippen molar-refractivity contribution < 1.29 is 9.53 Å². The van der Waals surface area contributed by atoms with Gasteiger partial charge in [-0.3, -0.25) is 9.59 Å². The summed E-state index contributed by atoms with van der Waals surface area (Å²) in [5.41, 5.74) is 1.07. The fraction of sp³-hybridized carbons (Fsp3) is 0.500. The standard InChI is InChI=1S/C20H27N5O3/c1-20(2,3)16-7-8-17(22-21-16)25-10-13(11-25)24(5)19(27)14-12-23(4)18(26)9-15(14)28-6/h7-9,12-13H,10-11H2,1-6H3. The van der Waals surface area contributed by atoms with Crippen LogP contribution in [-0.2, 0) is 12.5 Å². The van der Waals surface area contributed by atoms with Gasteiger partial charge in [-0.05, 0) is 12.1 Å². The minimum atomic E-state index is -0.219. The molecule has 1 amide bonds. The lowest BCUT2D eigenvalue weighted by Crippen LogP contribution is -2.60. The number of hydrogen-bond acceptors (Lipinski definition) is 6. The van der Waals surface area contributed by atoms with Gasteiger partial charge in [0.1, 0.15) is 5.75 Å². The molecule has 2 aromatic rings. The number of anilines is 1. The molecule has 0 unspecified atom stereocenters. The second kappa shape index (κ2) is 7.26. The molecule has 0 N–H and O–H groups in total. The Morgan fingerprint density at radius 2 is 1.93 bits per heavy atom. The molecule has 0 aromatic carbocycles. The van der Waals surface area contributed by atoms with E-state index >= 15 is 0 Å². The number of ether oxygens (including phenoxy) is 1. The molecule has 150 valence electrons. The van der Waals surface area contributed by atoms with Crippen molar-refractivity contribution in [1.82, 2.24) is 19.7 Å². The minimum Gasteiger partial charge on any atom is -0.496 e. The molecule has 0 bridgehead atoms. The Bertz CT molecular complexity index is 924. The summed E-state index contributed by atoms with van der Waals surface area (Å²) in [5, 5.41) is 8.65. The Kier molecular flexibility index (Phi) is 5.14. The topological polar surface area (TPSA) is 80.6 Å². The zero-order valence-electron chi connectivity index (χ0n) is 17.3. The first kappa shape index (κ1) is 19.9. The summed E-state index contributed by atoms with van der Waals surface area (Å²) in [6.07, 6.45) is 1.52. The molecule has 1 aliphatic heterocycles. The van der Waals surface area contributed by atoms with Gasteiger partial charge in [0.2, 0.25) is 0 Å². The molecule has 3 rings (SSSR count). The first-order chi connectivity index (χ1) is 13.1. The molecule has 0 radical (unpaired) electrons. The molecule has 2 aromatic heterocycles. The van der Waals surface area contributed by atoms with E-state index in [1.54, 1.807) is 19.0 Å². The van der Waals surface area contributed by atoms with Crippen molar-refractivity contribution in [2.24, 2.45) is 7.05 Å². The zero-order chi connectivity index (χ0) is 20.6. The van der Waals surface area contributed by atoms with Gasteiger partial charge >= 0.3 is 0 Å². The predicted molar refractivity (Wildman–Crippen MR) is 107 cm³/mol. The Morgan fingerprint density at radius 3 is 2.46 bits per heavy atom. The molecule has 0 aliphatic carbocycles. The lowest BCUT2D eigenvalue weighted by Gasteiger charge is -2.44. The maximum atomic E-state index is 12.9. The van der Waals surface area contributed by atoms with Gasteiger partial charge in [-0.2, -0.15) is 5.10 Å². The number of aryl methyl sites for hydroxylation is 1. The van der Waals surface area contributed by atoms with Crippen molar-refractivity contribution in [3.05, 3.63) is 46.0 Å². The molecular formula is C20H27N5O3. The molecule has 1 saturated heterocycles. The van der Waals surface area contributed by atoms with Crippen molar-refractivity contribution in [3.63, 3.8) is 0 Å². The lowest BCUT2D eigenvalue weighted by molar-refractivity contribution is 0.0700. The number of carbonyl (C=O) groups excluding carboxylic acids is 1. The summed E-state index contributed by atoms with van der Waals surface area (Å²) in [5.74, 6) is 0.927. The van der Waals surface area contributed by atoms with Crippen LogP contribution in [0, 0.1) is 0 Å². The normalized spacial score (nSPS) is 14.6. The predicted octanol–water partition coefficient (Wildman–Crippen LogP) is 1.44. The molecule has 0 saturated carbocycles. The summed E-state index contributed by atoms with van der Waals surface area (Å²) in [4.78, 5) is 28.5. The largest absolute Gasteiger partial charge is 0.496 e. The smallest absolute Gasteiger partial charge is 0.259 e. The average molecular weight is 385 g/mol. The Balaban J connectivity index is 1.68. The number of likely N-dealkylation sites (N-methyl/N-ethyl adjacent to an activating group) is 1. The fourth-order valence-corrected chi connectivity index (χ4v) is 3.08. The molecule has 1 aliphatic rings. The van der Waals surface area contributed by atoms with E-state index in [0.717, 1.165) is 11.5 Å². The quantitative estimate of drug-likeness (QED) is 0.792. The van der Waals surface area contributed by atoms with Gasteiger partial charge in [0.15, 0.2) is 5.82 Å². The van der Waals surface area contributed by atoms with Crippen LogP contribution in [0.5, 0.6) is 5.75 Å². The van der Waals surface area contributed by atoms with Crippen molar-refractivity contribution >= 4 is 11.7 Å². The highest BCUT2D eigenvalue weighted by Crippen LogP contribution is 2.26. The highest BCUT2D eigenvalue weighted by Gasteiger charge is 2.35. The van der Waals surface area contributed by atoms with Crippen molar-refractivity contribution in [2.75, 3.05) is 32.1 Å². The number of aromatic nitrogens is 3. The van der Waals surface area contributed by atoms with E-state index in [1.807, 2.05) is 12.1 Å². The fourth-order valence-electron chi connectivity index (χ4n) is 3.08. The van der Waals surface area contributed by atoms with Gasteiger partial charge in [-0.1, -0.05) is 20.8 Å². The number of carbonyl (C=O) groups is 1. The summed E-state index contributed by atoms with van der Waals surface area (Å²) < 4.78 is 6.60. The highest BCUT2D eigenvalue weighted by molar-refractivity contribution is 5.96. The van der Waals surface area contributed by atoms with E-state index in [1.165, 1.54) is 23.9 Å². The first-order valence-electron chi connectivity index (χ1n) is 9.23. The van der Waals surface area contributed by atoms with Gasteiger partial charge in [0.05, 0.1) is 24.4 Å². The second-order valence-electron chi connectivity index (χ2n) is 8.21. The van der Waals surface area contributed by atoms with Crippen LogP contribution in [0.15, 0.2) is 29.2 Å². The average Bonchev–Trinajstić information content (AvgIpc) is 2.61. The van der Waals surface area contributed by atoms with Crippen LogP contribution >= 0.6 is 0 Å². The van der Waals surface area contributed by atoms with Crippen molar-refractivity contribution in [3.8, 4) is 5.75 Å². The van der Waals surface area contributed by atoms with Crippen LogP contribution in [0.1, 0.15) is 36.8 Å². The van der Waals surface area contributed by atoms with E-state index in [9.17, 15) is 9.59 Å². The first-order valence-corrected chi connectivity index (χ1v) is 9.23. The molecule has 8 heteroatoms. The molecule has 0 atom stereocenters. The van der Waals surface area contributed by atoms with E-state index in [0.29, 0.717) is 24.4 Å². The highest BCUT2D eigenvalue weighted by atomic mass is 16.5. The van der Waals surface area contributed by atoms with Crippen molar-refractivity contribution in [1.29, 1.82) is 0 Å². The Hall–Kier alpha value is -2.90. The summed E-state index contributed by atoms with van der Waals surface area (Å²) in [6, 6.07) is 5.36. The van der Waals surface area contributed by atoms with Crippen LogP contribution < -0.4 is 15.2 Å². The van der Waals surface area contributed by atoms with Crippen LogP contribution in [-0.4, -0.2) is 58.9 Å². The van der Waals surface area contributed by atoms with Crippen LogP contribution in [0.3, 0.4) is 0 Å². The molecular weight excluding hydrogens is 358 g/mol. The summed E-state index contributed by atoms with van der Waals surface area (Å²) in [7, 11) is 4.84. The monoisotopic (exact) mass is 385 g/mol. The SMILES string of the molecule is COc1cc(=O)n(C)cc1C(=O)N(C)C1CN(c2ccc(C(C)(C)C)nn2)C1. The molecule has 1 fully saturated rings. The summed E-state index contributed by atoms with van der Waals surface area (Å²) >= 11 is 0. The maximum absolute atomic E-state index is 12.9.